The van der Waals surface area contributed by atoms with E-state index < -0.39 is 11.7 Å². The number of aromatic amines is 1. The predicted octanol–water partition coefficient (Wildman–Crippen LogP) is 4.99. The number of nitrogens with zero attached hydrogens (tertiary/aromatic N) is 2. The van der Waals surface area contributed by atoms with Crippen molar-refractivity contribution in [1.82, 2.24) is 14.5 Å². The summed E-state index contributed by atoms with van der Waals surface area (Å²) in [5.41, 5.74) is 2.54. The van der Waals surface area contributed by atoms with Crippen LogP contribution in [0.1, 0.15) is 21.5 Å². The Bertz CT molecular complexity index is 1250. The number of benzene rings is 2. The molecule has 0 aliphatic heterocycles. The molecule has 0 spiro atoms. The van der Waals surface area contributed by atoms with E-state index in [1.807, 2.05) is 32.3 Å². The minimum Gasteiger partial charge on any atom is -0.359 e. The second-order valence-corrected chi connectivity index (χ2v) is 7.66. The maximum absolute atomic E-state index is 13.0. The Hall–Kier alpha value is -3.26. The number of anilines is 1. The molecule has 0 aliphatic rings. The summed E-state index contributed by atoms with van der Waals surface area (Å²) in [6, 6.07) is 9.40. The van der Waals surface area contributed by atoms with Crippen LogP contribution in [-0.2, 0) is 19.8 Å². The van der Waals surface area contributed by atoms with Crippen molar-refractivity contribution in [2.75, 3.05) is 19.4 Å². The van der Waals surface area contributed by atoms with E-state index in [1.165, 1.54) is 10.6 Å². The van der Waals surface area contributed by atoms with Gasteiger partial charge in [0.15, 0.2) is 0 Å². The largest absolute Gasteiger partial charge is 0.416 e. The Morgan fingerprint density at radius 1 is 1.13 bits per heavy atom. The zero-order valence-corrected chi connectivity index (χ0v) is 16.8. The number of nitrogens with one attached hydrogen (secondary N) is 2. The second kappa shape index (κ2) is 7.21. The smallest absolute Gasteiger partial charge is 0.359 e. The topological polar surface area (TPSA) is 53.1 Å². The van der Waals surface area contributed by atoms with E-state index in [0.717, 1.165) is 35.1 Å². The number of halogens is 3. The Labute approximate surface area is 171 Å². The molecule has 4 aromatic rings. The summed E-state index contributed by atoms with van der Waals surface area (Å²) in [4.78, 5) is 18.1. The molecule has 2 aromatic carbocycles. The van der Waals surface area contributed by atoms with Gasteiger partial charge in [-0.1, -0.05) is 12.1 Å². The normalized spacial score (nSPS) is 12.2. The molecule has 0 unspecified atom stereocenters. The second-order valence-electron chi connectivity index (χ2n) is 7.66. The van der Waals surface area contributed by atoms with Gasteiger partial charge in [0.1, 0.15) is 0 Å². The zero-order valence-electron chi connectivity index (χ0n) is 16.8. The van der Waals surface area contributed by atoms with Crippen molar-refractivity contribution in [2.45, 2.75) is 12.7 Å². The van der Waals surface area contributed by atoms with Crippen molar-refractivity contribution >= 4 is 33.4 Å². The lowest BCUT2D eigenvalue weighted by Crippen LogP contribution is -2.12. The molecule has 5 nitrogen and oxygen atoms in total. The molecule has 0 saturated carbocycles. The molecule has 4 rings (SSSR count). The number of H-pyrrole nitrogens is 1. The first-order valence-corrected chi connectivity index (χ1v) is 9.36. The molecular weight excluding hydrogens is 393 g/mol. The van der Waals surface area contributed by atoms with Crippen molar-refractivity contribution < 1.29 is 18.0 Å². The van der Waals surface area contributed by atoms with Gasteiger partial charge in [0.25, 0.3) is 5.91 Å². The van der Waals surface area contributed by atoms with Gasteiger partial charge in [0.05, 0.1) is 16.8 Å². The van der Waals surface area contributed by atoms with Gasteiger partial charge in [0, 0.05) is 47.8 Å². The van der Waals surface area contributed by atoms with Gasteiger partial charge < -0.3 is 19.8 Å². The summed E-state index contributed by atoms with van der Waals surface area (Å²) < 4.78 is 40.6. The molecule has 2 N–H and O–H groups in total. The number of amides is 1. The van der Waals surface area contributed by atoms with Crippen molar-refractivity contribution in [2.24, 2.45) is 7.05 Å². The van der Waals surface area contributed by atoms with Gasteiger partial charge >= 0.3 is 6.18 Å². The highest BCUT2D eigenvalue weighted by molar-refractivity contribution is 6.15. The fourth-order valence-corrected chi connectivity index (χ4v) is 3.67. The molecule has 2 aromatic heterocycles. The average Bonchev–Trinajstić information content (AvgIpc) is 3.21. The van der Waals surface area contributed by atoms with Crippen LogP contribution in [0.2, 0.25) is 0 Å². The Morgan fingerprint density at radius 2 is 1.90 bits per heavy atom. The minimum absolute atomic E-state index is 0.319. The number of aryl methyl sites for hydroxylation is 1. The number of alkyl halides is 3. The highest BCUT2D eigenvalue weighted by Gasteiger charge is 2.31. The SMILES string of the molecule is CN(C)Cc1ccc2[nH]cc(NC(=O)c3cn(C)c4cc(C(F)(F)F)ccc34)c2c1. The molecule has 1 amide bonds. The van der Waals surface area contributed by atoms with Gasteiger partial charge in [-0.25, -0.2) is 0 Å². The van der Waals surface area contributed by atoms with Crippen molar-refractivity contribution in [3.8, 4) is 0 Å². The van der Waals surface area contributed by atoms with E-state index >= 15 is 0 Å². The number of carbonyl (C=O) groups excluding carboxylic acids is 1. The van der Waals surface area contributed by atoms with Crippen LogP contribution < -0.4 is 5.32 Å². The van der Waals surface area contributed by atoms with E-state index in [9.17, 15) is 18.0 Å². The Balaban J connectivity index is 1.68. The van der Waals surface area contributed by atoms with Crippen LogP contribution in [0.25, 0.3) is 21.8 Å². The van der Waals surface area contributed by atoms with Crippen LogP contribution in [0.5, 0.6) is 0 Å². The van der Waals surface area contributed by atoms with E-state index in [1.54, 1.807) is 19.4 Å². The lowest BCUT2D eigenvalue weighted by Gasteiger charge is -2.10. The van der Waals surface area contributed by atoms with Crippen LogP contribution in [0, 0.1) is 0 Å². The minimum atomic E-state index is -4.44. The third-order valence-corrected chi connectivity index (χ3v) is 5.06. The van der Waals surface area contributed by atoms with E-state index in [0.29, 0.717) is 22.2 Å². The third kappa shape index (κ3) is 3.66. The van der Waals surface area contributed by atoms with Gasteiger partial charge in [-0.2, -0.15) is 13.2 Å². The summed E-state index contributed by atoms with van der Waals surface area (Å²) in [6.45, 7) is 0.763. The molecule has 0 radical (unpaired) electrons. The molecule has 0 fully saturated rings. The molecule has 0 atom stereocenters. The van der Waals surface area contributed by atoms with Crippen molar-refractivity contribution in [3.05, 3.63) is 65.5 Å². The van der Waals surface area contributed by atoms with Gasteiger partial charge in [-0.3, -0.25) is 4.79 Å². The number of hydrogen-bond donors (Lipinski definition) is 2. The maximum atomic E-state index is 13.0. The molecule has 0 bridgehead atoms. The predicted molar refractivity (Wildman–Crippen MR) is 112 cm³/mol. The zero-order chi connectivity index (χ0) is 21.6. The lowest BCUT2D eigenvalue weighted by atomic mass is 10.1. The average molecular weight is 414 g/mol. The van der Waals surface area contributed by atoms with Crippen molar-refractivity contribution in [3.63, 3.8) is 0 Å². The molecule has 30 heavy (non-hydrogen) atoms. The van der Waals surface area contributed by atoms with Crippen LogP contribution in [0.15, 0.2) is 48.8 Å². The van der Waals surface area contributed by atoms with E-state index in [4.69, 9.17) is 0 Å². The highest BCUT2D eigenvalue weighted by Crippen LogP contribution is 2.33. The van der Waals surface area contributed by atoms with Crippen molar-refractivity contribution in [1.29, 1.82) is 0 Å². The first-order chi connectivity index (χ1) is 14.1. The summed E-state index contributed by atoms with van der Waals surface area (Å²) in [7, 11) is 5.59. The van der Waals surface area contributed by atoms with E-state index in [2.05, 4.69) is 15.2 Å². The highest BCUT2D eigenvalue weighted by atomic mass is 19.4. The summed E-state index contributed by atoms with van der Waals surface area (Å²) in [6.07, 6.45) is -1.17. The fourth-order valence-electron chi connectivity index (χ4n) is 3.67. The molecule has 0 saturated heterocycles. The summed E-state index contributed by atoms with van der Waals surface area (Å²) in [5, 5.41) is 4.24. The monoisotopic (exact) mass is 414 g/mol. The number of hydrogen-bond acceptors (Lipinski definition) is 2. The number of fused-ring (bicyclic) bond motifs is 2. The van der Waals surface area contributed by atoms with Crippen LogP contribution in [0.4, 0.5) is 18.9 Å². The molecule has 0 aliphatic carbocycles. The third-order valence-electron chi connectivity index (χ3n) is 5.06. The number of rotatable bonds is 4. The summed E-state index contributed by atoms with van der Waals surface area (Å²) >= 11 is 0. The standard InChI is InChI=1S/C22H21F3N4O/c1-28(2)11-13-4-7-18-16(8-13)19(10-26-18)27-21(30)17-12-29(3)20-9-14(22(23,24)25)5-6-15(17)20/h4-10,12,26H,11H2,1-3H3,(H,27,30). The van der Waals surface area contributed by atoms with E-state index in [-0.39, 0.29) is 5.91 Å². The Morgan fingerprint density at radius 3 is 2.60 bits per heavy atom. The number of aromatic nitrogens is 2. The summed E-state index contributed by atoms with van der Waals surface area (Å²) in [5.74, 6) is -0.376. The molecule has 2 heterocycles. The number of carbonyl (C=O) groups is 1. The maximum Gasteiger partial charge on any atom is 0.416 e. The lowest BCUT2D eigenvalue weighted by molar-refractivity contribution is -0.137. The molecule has 156 valence electrons. The first kappa shape index (κ1) is 20.0. The van der Waals surface area contributed by atoms with Crippen LogP contribution in [0.3, 0.4) is 0 Å². The van der Waals surface area contributed by atoms with Crippen LogP contribution in [-0.4, -0.2) is 34.5 Å². The van der Waals surface area contributed by atoms with Gasteiger partial charge in [-0.05, 0) is 43.9 Å². The van der Waals surface area contributed by atoms with Crippen LogP contribution >= 0.6 is 0 Å². The fraction of sp³-hybridized carbons (Fsp3) is 0.227. The first-order valence-electron chi connectivity index (χ1n) is 9.36. The Kier molecular flexibility index (Phi) is 4.82. The molecule has 8 heteroatoms. The van der Waals surface area contributed by atoms with Gasteiger partial charge in [0.2, 0.25) is 0 Å². The quantitative estimate of drug-likeness (QED) is 0.494. The molecular formula is C22H21F3N4O. The van der Waals surface area contributed by atoms with Gasteiger partial charge in [-0.15, -0.1) is 0 Å².